The fourth-order valence-corrected chi connectivity index (χ4v) is 2.31. The van der Waals surface area contributed by atoms with E-state index in [1.807, 2.05) is 42.8 Å². The highest BCUT2D eigenvalue weighted by Crippen LogP contribution is 2.20. The lowest BCUT2D eigenvalue weighted by Gasteiger charge is -2.07. The highest BCUT2D eigenvalue weighted by Gasteiger charge is 2.13. The highest BCUT2D eigenvalue weighted by atomic mass is 79.9. The second-order valence-electron chi connectivity index (χ2n) is 4.14. The van der Waals surface area contributed by atoms with Crippen LogP contribution in [-0.4, -0.2) is 15.3 Å². The Kier molecular flexibility index (Phi) is 3.97. The van der Waals surface area contributed by atoms with Crippen LogP contribution >= 0.6 is 15.9 Å². The summed E-state index contributed by atoms with van der Waals surface area (Å²) >= 11 is 3.45. The monoisotopic (exact) mass is 306 g/mol. The van der Waals surface area contributed by atoms with E-state index in [1.165, 1.54) is 0 Å². The lowest BCUT2D eigenvalue weighted by Crippen LogP contribution is -2.11. The Morgan fingerprint density at radius 3 is 2.94 bits per heavy atom. The predicted octanol–water partition coefficient (Wildman–Crippen LogP) is 3.40. The molecule has 0 saturated carbocycles. The van der Waals surface area contributed by atoms with Crippen molar-refractivity contribution in [3.8, 4) is 0 Å². The van der Waals surface area contributed by atoms with Gasteiger partial charge in [0.15, 0.2) is 5.78 Å². The van der Waals surface area contributed by atoms with Crippen molar-refractivity contribution in [2.24, 2.45) is 0 Å². The van der Waals surface area contributed by atoms with Gasteiger partial charge in [-0.05, 0) is 25.5 Å². The molecule has 1 aromatic heterocycles. The normalized spacial score (nSPS) is 10.6. The number of hydrogen-bond donors (Lipinski definition) is 0. The van der Waals surface area contributed by atoms with Crippen LogP contribution in [0.15, 0.2) is 35.1 Å². The molecule has 3 nitrogen and oxygen atoms in total. The van der Waals surface area contributed by atoms with Crippen LogP contribution in [0.25, 0.3) is 0 Å². The fraction of sp³-hybridized carbons (Fsp3) is 0.286. The molecule has 2 rings (SSSR count). The summed E-state index contributed by atoms with van der Waals surface area (Å²) in [4.78, 5) is 16.5. The molecular weight excluding hydrogens is 292 g/mol. The summed E-state index contributed by atoms with van der Waals surface area (Å²) < 4.78 is 2.96. The summed E-state index contributed by atoms with van der Waals surface area (Å²) in [6, 6.07) is 5.69. The van der Waals surface area contributed by atoms with Crippen molar-refractivity contribution in [3.63, 3.8) is 0 Å². The maximum atomic E-state index is 12.3. The first kappa shape index (κ1) is 13.0. The number of imidazole rings is 1. The lowest BCUT2D eigenvalue weighted by molar-refractivity contribution is 0.0989. The Labute approximate surface area is 115 Å². The van der Waals surface area contributed by atoms with Crippen molar-refractivity contribution in [1.82, 2.24) is 9.55 Å². The number of Topliss-reactive ketones (excluding diaryl/α,β-unsaturated/α-hetero) is 1. The molecule has 0 N–H and O–H groups in total. The largest absolute Gasteiger partial charge is 0.335 e. The van der Waals surface area contributed by atoms with Crippen LogP contribution in [0.4, 0.5) is 0 Å². The summed E-state index contributed by atoms with van der Waals surface area (Å²) in [6.45, 7) is 4.82. The molecule has 2 aromatic rings. The van der Waals surface area contributed by atoms with Gasteiger partial charge in [0.2, 0.25) is 0 Å². The van der Waals surface area contributed by atoms with Gasteiger partial charge in [0.25, 0.3) is 0 Å². The van der Waals surface area contributed by atoms with E-state index >= 15 is 0 Å². The lowest BCUT2D eigenvalue weighted by atomic mass is 10.0. The quantitative estimate of drug-likeness (QED) is 0.812. The molecule has 0 amide bonds. The molecule has 0 spiro atoms. The molecule has 0 unspecified atom stereocenters. The smallest absolute Gasteiger partial charge is 0.170 e. The van der Waals surface area contributed by atoms with Crippen molar-refractivity contribution in [2.45, 2.75) is 26.8 Å². The van der Waals surface area contributed by atoms with Crippen LogP contribution in [0.2, 0.25) is 0 Å². The first-order valence-electron chi connectivity index (χ1n) is 5.91. The number of aryl methyl sites for hydroxylation is 1. The summed E-state index contributed by atoms with van der Waals surface area (Å²) in [5.74, 6) is 0.927. The van der Waals surface area contributed by atoms with Crippen LogP contribution in [-0.2, 0) is 13.0 Å². The Balaban J connectivity index is 2.25. The summed E-state index contributed by atoms with van der Waals surface area (Å²) in [7, 11) is 0. The van der Waals surface area contributed by atoms with Crippen molar-refractivity contribution < 1.29 is 4.79 Å². The number of nitrogens with zero attached hydrogens (tertiary/aromatic N) is 2. The molecular formula is C14H15BrN2O. The van der Waals surface area contributed by atoms with Crippen molar-refractivity contribution in [3.05, 3.63) is 52.0 Å². The maximum absolute atomic E-state index is 12.3. The maximum Gasteiger partial charge on any atom is 0.170 e. The van der Waals surface area contributed by atoms with E-state index < -0.39 is 0 Å². The number of benzene rings is 1. The van der Waals surface area contributed by atoms with Gasteiger partial charge in [0.1, 0.15) is 5.82 Å². The molecule has 1 aromatic carbocycles. The zero-order valence-electron chi connectivity index (χ0n) is 10.5. The van der Waals surface area contributed by atoms with Gasteiger partial charge in [0.05, 0.1) is 6.42 Å². The number of halogens is 1. The van der Waals surface area contributed by atoms with Crippen LogP contribution in [0.5, 0.6) is 0 Å². The molecule has 0 saturated heterocycles. The van der Waals surface area contributed by atoms with Crippen molar-refractivity contribution in [2.75, 3.05) is 0 Å². The topological polar surface area (TPSA) is 34.9 Å². The Morgan fingerprint density at radius 2 is 2.22 bits per heavy atom. The highest BCUT2D eigenvalue weighted by molar-refractivity contribution is 9.10. The third-order valence-corrected chi connectivity index (χ3v) is 3.89. The Hall–Kier alpha value is -1.42. The first-order chi connectivity index (χ1) is 8.63. The molecule has 0 aliphatic heterocycles. The third kappa shape index (κ3) is 2.53. The standard InChI is InChI=1S/C14H15BrN2O/c1-3-17-8-7-16-14(17)9-13(18)11-5-4-6-12(15)10(11)2/h4-8H,3,9H2,1-2H3. The number of hydrogen-bond acceptors (Lipinski definition) is 2. The molecule has 0 bridgehead atoms. The van der Waals surface area contributed by atoms with Gasteiger partial charge < -0.3 is 4.57 Å². The van der Waals surface area contributed by atoms with Gasteiger partial charge in [-0.15, -0.1) is 0 Å². The van der Waals surface area contributed by atoms with E-state index in [0.29, 0.717) is 6.42 Å². The Morgan fingerprint density at radius 1 is 1.44 bits per heavy atom. The Bertz CT molecular complexity index is 575. The van der Waals surface area contributed by atoms with E-state index in [2.05, 4.69) is 20.9 Å². The average Bonchev–Trinajstić information content (AvgIpc) is 2.79. The zero-order valence-corrected chi connectivity index (χ0v) is 12.1. The van der Waals surface area contributed by atoms with Gasteiger partial charge in [-0.2, -0.15) is 0 Å². The molecule has 0 aliphatic rings. The van der Waals surface area contributed by atoms with Crippen LogP contribution in [0.3, 0.4) is 0 Å². The molecule has 94 valence electrons. The number of aromatic nitrogens is 2. The van der Waals surface area contributed by atoms with Gasteiger partial charge in [-0.3, -0.25) is 4.79 Å². The van der Waals surface area contributed by atoms with E-state index in [-0.39, 0.29) is 5.78 Å². The number of carbonyl (C=O) groups is 1. The first-order valence-corrected chi connectivity index (χ1v) is 6.71. The van der Waals surface area contributed by atoms with Gasteiger partial charge in [-0.1, -0.05) is 28.1 Å². The second-order valence-corrected chi connectivity index (χ2v) is 5.00. The molecule has 0 fully saturated rings. The van der Waals surface area contributed by atoms with Crippen LogP contribution in [0.1, 0.15) is 28.7 Å². The zero-order chi connectivity index (χ0) is 13.1. The molecule has 18 heavy (non-hydrogen) atoms. The summed E-state index contributed by atoms with van der Waals surface area (Å²) in [5, 5.41) is 0. The second kappa shape index (κ2) is 5.48. The molecule has 0 radical (unpaired) electrons. The fourth-order valence-electron chi connectivity index (χ4n) is 1.94. The van der Waals surface area contributed by atoms with E-state index in [0.717, 1.165) is 28.0 Å². The van der Waals surface area contributed by atoms with E-state index in [1.54, 1.807) is 6.20 Å². The third-order valence-electron chi connectivity index (χ3n) is 3.03. The average molecular weight is 307 g/mol. The minimum Gasteiger partial charge on any atom is -0.335 e. The van der Waals surface area contributed by atoms with E-state index in [4.69, 9.17) is 0 Å². The van der Waals surface area contributed by atoms with Crippen molar-refractivity contribution >= 4 is 21.7 Å². The van der Waals surface area contributed by atoms with Gasteiger partial charge >= 0.3 is 0 Å². The van der Waals surface area contributed by atoms with Crippen molar-refractivity contribution in [1.29, 1.82) is 0 Å². The van der Waals surface area contributed by atoms with Gasteiger partial charge in [0, 0.05) is 29.0 Å². The molecule has 1 heterocycles. The molecule has 0 aliphatic carbocycles. The summed E-state index contributed by atoms with van der Waals surface area (Å²) in [6.07, 6.45) is 3.98. The van der Waals surface area contributed by atoms with Gasteiger partial charge in [-0.25, -0.2) is 4.98 Å². The molecule has 0 atom stereocenters. The number of rotatable bonds is 4. The minimum absolute atomic E-state index is 0.106. The van der Waals surface area contributed by atoms with Crippen LogP contribution in [0, 0.1) is 6.92 Å². The predicted molar refractivity (Wildman–Crippen MR) is 74.8 cm³/mol. The minimum atomic E-state index is 0.106. The molecule has 4 heteroatoms. The SMILES string of the molecule is CCn1ccnc1CC(=O)c1cccc(Br)c1C. The number of carbonyl (C=O) groups excluding carboxylic acids is 1. The van der Waals surface area contributed by atoms with E-state index in [9.17, 15) is 4.79 Å². The number of ketones is 1. The van der Waals surface area contributed by atoms with Crippen LogP contribution < -0.4 is 0 Å². The summed E-state index contributed by atoms with van der Waals surface area (Å²) in [5.41, 5.74) is 1.74.